The highest BCUT2D eigenvalue weighted by atomic mass is 35.5. The third kappa shape index (κ3) is 5.86. The first-order valence-corrected chi connectivity index (χ1v) is 7.27. The fourth-order valence-electron chi connectivity index (χ4n) is 2.62. The van der Waals surface area contributed by atoms with Gasteiger partial charge >= 0.3 is 0 Å². The molecule has 1 fully saturated rings. The zero-order valence-electron chi connectivity index (χ0n) is 11.9. The van der Waals surface area contributed by atoms with E-state index in [1.807, 2.05) is 12.1 Å². The van der Waals surface area contributed by atoms with Crippen molar-refractivity contribution in [3.05, 3.63) is 29.8 Å². The molecule has 0 atom stereocenters. The van der Waals surface area contributed by atoms with Gasteiger partial charge in [0.05, 0.1) is 0 Å². The number of nitrogens with one attached hydrogen (secondary N) is 1. The molecule has 0 bridgehead atoms. The van der Waals surface area contributed by atoms with E-state index in [2.05, 4.69) is 23.4 Å². The van der Waals surface area contributed by atoms with Gasteiger partial charge in [-0.1, -0.05) is 43.7 Å². The number of hydrogen-bond acceptors (Lipinski definition) is 2. The van der Waals surface area contributed by atoms with Crippen LogP contribution >= 0.6 is 12.4 Å². The SMILES string of the molecule is C#CCOc1cccc(CNC2CCCCCC2)c1.Cl. The Morgan fingerprint density at radius 3 is 2.65 bits per heavy atom. The smallest absolute Gasteiger partial charge is 0.148 e. The van der Waals surface area contributed by atoms with E-state index >= 15 is 0 Å². The molecule has 1 aromatic carbocycles. The molecule has 2 nitrogen and oxygen atoms in total. The third-order valence-electron chi connectivity index (χ3n) is 3.67. The first-order valence-electron chi connectivity index (χ1n) is 7.27. The van der Waals surface area contributed by atoms with Crippen molar-refractivity contribution in [2.24, 2.45) is 0 Å². The molecule has 1 aliphatic carbocycles. The first-order chi connectivity index (χ1) is 9.38. The fraction of sp³-hybridized carbons (Fsp3) is 0.529. The van der Waals surface area contributed by atoms with Crippen LogP contribution < -0.4 is 10.1 Å². The second-order valence-electron chi connectivity index (χ2n) is 5.21. The third-order valence-corrected chi connectivity index (χ3v) is 3.67. The van der Waals surface area contributed by atoms with Crippen LogP contribution in [0.1, 0.15) is 44.1 Å². The zero-order valence-corrected chi connectivity index (χ0v) is 12.8. The summed E-state index contributed by atoms with van der Waals surface area (Å²) in [4.78, 5) is 0. The second kappa shape index (κ2) is 9.69. The van der Waals surface area contributed by atoms with Crippen molar-refractivity contribution in [1.82, 2.24) is 5.32 Å². The lowest BCUT2D eigenvalue weighted by molar-refractivity contribution is 0.369. The van der Waals surface area contributed by atoms with Crippen molar-refractivity contribution < 1.29 is 4.74 Å². The van der Waals surface area contributed by atoms with Gasteiger partial charge in [-0.25, -0.2) is 0 Å². The van der Waals surface area contributed by atoms with Crippen LogP contribution in [-0.4, -0.2) is 12.6 Å². The molecule has 0 spiro atoms. The number of rotatable bonds is 5. The van der Waals surface area contributed by atoms with E-state index in [9.17, 15) is 0 Å². The highest BCUT2D eigenvalue weighted by Crippen LogP contribution is 2.18. The average Bonchev–Trinajstić information content (AvgIpc) is 2.72. The summed E-state index contributed by atoms with van der Waals surface area (Å²) in [6, 6.07) is 8.86. The summed E-state index contributed by atoms with van der Waals surface area (Å²) in [5.41, 5.74) is 1.26. The lowest BCUT2D eigenvalue weighted by atomic mass is 10.1. The molecule has 3 heteroatoms. The van der Waals surface area contributed by atoms with E-state index in [1.54, 1.807) is 0 Å². The Morgan fingerprint density at radius 2 is 1.95 bits per heavy atom. The van der Waals surface area contributed by atoms with Gasteiger partial charge in [0, 0.05) is 12.6 Å². The van der Waals surface area contributed by atoms with Crippen LogP contribution in [-0.2, 0) is 6.54 Å². The molecule has 0 saturated heterocycles. The molecule has 0 aliphatic heterocycles. The Kier molecular flexibility index (Phi) is 8.18. The summed E-state index contributed by atoms with van der Waals surface area (Å²) >= 11 is 0. The molecule has 2 rings (SSSR count). The van der Waals surface area contributed by atoms with Crippen molar-refractivity contribution in [2.45, 2.75) is 51.1 Å². The number of terminal acetylenes is 1. The van der Waals surface area contributed by atoms with Crippen molar-refractivity contribution in [2.75, 3.05) is 6.61 Å². The molecule has 0 unspecified atom stereocenters. The maximum Gasteiger partial charge on any atom is 0.148 e. The average molecular weight is 294 g/mol. The van der Waals surface area contributed by atoms with Crippen LogP contribution in [0.4, 0.5) is 0 Å². The summed E-state index contributed by atoms with van der Waals surface area (Å²) in [6.45, 7) is 1.25. The zero-order chi connectivity index (χ0) is 13.3. The Bertz CT molecular complexity index is 419. The van der Waals surface area contributed by atoms with Crippen molar-refractivity contribution in [1.29, 1.82) is 0 Å². The van der Waals surface area contributed by atoms with Crippen LogP contribution in [0.2, 0.25) is 0 Å². The monoisotopic (exact) mass is 293 g/mol. The van der Waals surface area contributed by atoms with Crippen LogP contribution in [0.5, 0.6) is 5.75 Å². The van der Waals surface area contributed by atoms with Gasteiger partial charge in [0.2, 0.25) is 0 Å². The molecule has 1 saturated carbocycles. The van der Waals surface area contributed by atoms with Crippen LogP contribution in [0.15, 0.2) is 24.3 Å². The summed E-state index contributed by atoms with van der Waals surface area (Å²) in [6.07, 6.45) is 13.3. The standard InChI is InChI=1S/C17H23NO.ClH/c1-2-12-19-17-11-7-8-15(13-17)14-18-16-9-5-3-4-6-10-16;/h1,7-8,11,13,16,18H,3-6,9-10,12,14H2;1H. The summed E-state index contributed by atoms with van der Waals surface area (Å²) in [5, 5.41) is 3.67. The second-order valence-corrected chi connectivity index (χ2v) is 5.21. The molecular formula is C17H24ClNO. The van der Waals surface area contributed by atoms with Crippen LogP contribution in [0, 0.1) is 12.3 Å². The molecule has 0 heterocycles. The highest BCUT2D eigenvalue weighted by Gasteiger charge is 2.11. The van der Waals surface area contributed by atoms with Crippen molar-refractivity contribution >= 4 is 12.4 Å². The number of hydrogen-bond donors (Lipinski definition) is 1. The Hall–Kier alpha value is -1.17. The maximum absolute atomic E-state index is 5.44. The molecular weight excluding hydrogens is 270 g/mol. The molecule has 0 aromatic heterocycles. The maximum atomic E-state index is 5.44. The predicted molar refractivity (Wildman–Crippen MR) is 86.3 cm³/mol. The topological polar surface area (TPSA) is 21.3 Å². The van der Waals surface area contributed by atoms with E-state index < -0.39 is 0 Å². The minimum atomic E-state index is 0. The van der Waals surface area contributed by atoms with E-state index in [4.69, 9.17) is 11.2 Å². The molecule has 0 radical (unpaired) electrons. The van der Waals surface area contributed by atoms with Gasteiger partial charge in [-0.15, -0.1) is 18.8 Å². The van der Waals surface area contributed by atoms with Crippen LogP contribution in [0.25, 0.3) is 0 Å². The summed E-state index contributed by atoms with van der Waals surface area (Å²) in [5.74, 6) is 3.35. The van der Waals surface area contributed by atoms with Gasteiger partial charge in [-0.05, 0) is 30.5 Å². The Labute approximate surface area is 128 Å². The van der Waals surface area contributed by atoms with Gasteiger partial charge in [0.15, 0.2) is 0 Å². The quantitative estimate of drug-likeness (QED) is 0.656. The van der Waals surface area contributed by atoms with Crippen molar-refractivity contribution in [3.8, 4) is 18.1 Å². The van der Waals surface area contributed by atoms with Gasteiger partial charge < -0.3 is 10.1 Å². The molecule has 0 amide bonds. The number of ether oxygens (including phenoxy) is 1. The van der Waals surface area contributed by atoms with Gasteiger partial charge in [-0.3, -0.25) is 0 Å². The molecule has 1 aliphatic rings. The Balaban J connectivity index is 0.00000200. The molecule has 1 aromatic rings. The Morgan fingerprint density at radius 1 is 1.20 bits per heavy atom. The first kappa shape index (κ1) is 16.9. The van der Waals surface area contributed by atoms with E-state index in [-0.39, 0.29) is 12.4 Å². The highest BCUT2D eigenvalue weighted by molar-refractivity contribution is 5.85. The normalized spacial score (nSPS) is 15.8. The number of halogens is 1. The molecule has 110 valence electrons. The van der Waals surface area contributed by atoms with Crippen molar-refractivity contribution in [3.63, 3.8) is 0 Å². The number of benzene rings is 1. The summed E-state index contributed by atoms with van der Waals surface area (Å²) < 4.78 is 5.44. The van der Waals surface area contributed by atoms with E-state index in [0.29, 0.717) is 12.6 Å². The summed E-state index contributed by atoms with van der Waals surface area (Å²) in [7, 11) is 0. The lowest BCUT2D eigenvalue weighted by Gasteiger charge is -2.16. The van der Waals surface area contributed by atoms with E-state index in [1.165, 1.54) is 44.1 Å². The van der Waals surface area contributed by atoms with Gasteiger partial charge in [0.1, 0.15) is 12.4 Å². The molecule has 20 heavy (non-hydrogen) atoms. The molecule has 1 N–H and O–H groups in total. The van der Waals surface area contributed by atoms with Gasteiger partial charge in [-0.2, -0.15) is 0 Å². The van der Waals surface area contributed by atoms with Gasteiger partial charge in [0.25, 0.3) is 0 Å². The lowest BCUT2D eigenvalue weighted by Crippen LogP contribution is -2.27. The minimum Gasteiger partial charge on any atom is -0.481 e. The van der Waals surface area contributed by atoms with Crippen LogP contribution in [0.3, 0.4) is 0 Å². The predicted octanol–water partition coefficient (Wildman–Crippen LogP) is 3.93. The van der Waals surface area contributed by atoms with E-state index in [0.717, 1.165) is 12.3 Å². The minimum absolute atomic E-state index is 0. The fourth-order valence-corrected chi connectivity index (χ4v) is 2.62. The largest absolute Gasteiger partial charge is 0.481 e.